The number of hydrogen-bond donors (Lipinski definition) is 1. The summed E-state index contributed by atoms with van der Waals surface area (Å²) in [4.78, 5) is 26.0. The van der Waals surface area contributed by atoms with Crippen molar-refractivity contribution in [3.05, 3.63) is 34.8 Å². The van der Waals surface area contributed by atoms with Crippen molar-refractivity contribution in [1.82, 2.24) is 10.2 Å². The standard InChI is InChI=1S/C15H13F3N4O2S/c1-8-4-2-3-5-10(8)22-7-9(6-11(22)23)12(24)19-14-21-20-13(25-14)15(16,17)18/h2-5,9H,6-7H2,1H3,(H,19,21,24)/t9-/m0/s1. The maximum absolute atomic E-state index is 12.5. The van der Waals surface area contributed by atoms with Gasteiger partial charge in [0.05, 0.1) is 5.92 Å². The first kappa shape index (κ1) is 17.3. The van der Waals surface area contributed by atoms with Gasteiger partial charge < -0.3 is 10.2 Å². The first-order chi connectivity index (χ1) is 11.8. The van der Waals surface area contributed by atoms with Gasteiger partial charge in [0.15, 0.2) is 0 Å². The van der Waals surface area contributed by atoms with Gasteiger partial charge in [-0.2, -0.15) is 13.2 Å². The number of carbonyl (C=O) groups is 2. The fourth-order valence-corrected chi connectivity index (χ4v) is 3.19. The fraction of sp³-hybridized carbons (Fsp3) is 0.333. The Labute approximate surface area is 144 Å². The number of aromatic nitrogens is 2. The molecule has 2 amide bonds. The minimum atomic E-state index is -4.61. The minimum Gasteiger partial charge on any atom is -0.311 e. The van der Waals surface area contributed by atoms with Crippen LogP contribution in [0.4, 0.5) is 24.0 Å². The molecule has 2 aromatic rings. The second-order valence-electron chi connectivity index (χ2n) is 5.59. The zero-order chi connectivity index (χ0) is 18.2. The van der Waals surface area contributed by atoms with Gasteiger partial charge in [0.25, 0.3) is 0 Å². The van der Waals surface area contributed by atoms with Crippen molar-refractivity contribution in [3.8, 4) is 0 Å². The molecule has 0 bridgehead atoms. The van der Waals surface area contributed by atoms with Crippen LogP contribution in [0.25, 0.3) is 0 Å². The molecule has 0 aliphatic carbocycles. The average molecular weight is 370 g/mol. The highest BCUT2D eigenvalue weighted by molar-refractivity contribution is 7.15. The van der Waals surface area contributed by atoms with Gasteiger partial charge in [0.1, 0.15) is 0 Å². The molecule has 0 unspecified atom stereocenters. The largest absolute Gasteiger partial charge is 0.445 e. The number of nitrogens with zero attached hydrogens (tertiary/aromatic N) is 3. The van der Waals surface area contributed by atoms with Crippen LogP contribution in [0.3, 0.4) is 0 Å². The maximum atomic E-state index is 12.5. The van der Waals surface area contributed by atoms with Crippen molar-refractivity contribution >= 4 is 34.0 Å². The summed E-state index contributed by atoms with van der Waals surface area (Å²) in [6.07, 6.45) is -4.61. The highest BCUT2D eigenvalue weighted by Crippen LogP contribution is 2.33. The van der Waals surface area contributed by atoms with Crippen molar-refractivity contribution in [2.24, 2.45) is 5.92 Å². The number of alkyl halides is 3. The Kier molecular flexibility index (Phi) is 4.46. The molecule has 1 aliphatic heterocycles. The van der Waals surface area contributed by atoms with Gasteiger partial charge in [-0.05, 0) is 18.6 Å². The van der Waals surface area contributed by atoms with E-state index in [0.29, 0.717) is 0 Å². The van der Waals surface area contributed by atoms with Crippen LogP contribution in [0.1, 0.15) is 17.0 Å². The molecule has 0 spiro atoms. The van der Waals surface area contributed by atoms with Gasteiger partial charge in [0.2, 0.25) is 22.0 Å². The van der Waals surface area contributed by atoms with Gasteiger partial charge in [-0.1, -0.05) is 29.5 Å². The number of rotatable bonds is 3. The van der Waals surface area contributed by atoms with E-state index in [4.69, 9.17) is 0 Å². The molecule has 2 heterocycles. The molecular formula is C15H13F3N4O2S. The minimum absolute atomic E-state index is 0.00883. The Hall–Kier alpha value is -2.49. The Balaban J connectivity index is 1.69. The van der Waals surface area contributed by atoms with Crippen molar-refractivity contribution in [3.63, 3.8) is 0 Å². The van der Waals surface area contributed by atoms with Gasteiger partial charge >= 0.3 is 6.18 Å². The van der Waals surface area contributed by atoms with E-state index in [1.807, 2.05) is 19.1 Å². The number of aryl methyl sites for hydroxylation is 1. The molecule has 1 aromatic heterocycles. The molecule has 6 nitrogen and oxygen atoms in total. The molecule has 0 radical (unpaired) electrons. The molecule has 1 saturated heterocycles. The number of para-hydroxylation sites is 1. The normalized spacial score (nSPS) is 17.8. The summed E-state index contributed by atoms with van der Waals surface area (Å²) in [5.41, 5.74) is 1.62. The molecule has 1 atom stereocenters. The summed E-state index contributed by atoms with van der Waals surface area (Å²) >= 11 is 0.250. The summed E-state index contributed by atoms with van der Waals surface area (Å²) < 4.78 is 37.5. The van der Waals surface area contributed by atoms with Crippen molar-refractivity contribution in [2.45, 2.75) is 19.5 Å². The lowest BCUT2D eigenvalue weighted by Crippen LogP contribution is -2.28. The van der Waals surface area contributed by atoms with E-state index in [2.05, 4.69) is 15.5 Å². The summed E-state index contributed by atoms with van der Waals surface area (Å²) in [6, 6.07) is 7.28. The number of nitrogens with one attached hydrogen (secondary N) is 1. The van der Waals surface area contributed by atoms with Gasteiger partial charge in [0, 0.05) is 18.7 Å². The van der Waals surface area contributed by atoms with Crippen LogP contribution in [-0.2, 0) is 15.8 Å². The summed E-state index contributed by atoms with van der Waals surface area (Å²) in [5, 5.41) is 7.27. The zero-order valence-corrected chi connectivity index (χ0v) is 13.8. The lowest BCUT2D eigenvalue weighted by atomic mass is 10.1. The van der Waals surface area contributed by atoms with Crippen LogP contribution in [-0.4, -0.2) is 28.6 Å². The molecule has 1 aliphatic rings. The van der Waals surface area contributed by atoms with E-state index < -0.39 is 23.0 Å². The van der Waals surface area contributed by atoms with Crippen LogP contribution in [0.15, 0.2) is 24.3 Å². The van der Waals surface area contributed by atoms with E-state index in [1.165, 1.54) is 4.90 Å². The second-order valence-corrected chi connectivity index (χ2v) is 6.57. The lowest BCUT2D eigenvalue weighted by molar-refractivity contribution is -0.138. The third-order valence-electron chi connectivity index (χ3n) is 3.80. The van der Waals surface area contributed by atoms with E-state index >= 15 is 0 Å². The highest BCUT2D eigenvalue weighted by Gasteiger charge is 2.38. The molecular weight excluding hydrogens is 357 g/mol. The number of hydrogen-bond acceptors (Lipinski definition) is 5. The molecule has 0 saturated carbocycles. The zero-order valence-electron chi connectivity index (χ0n) is 13.0. The Morgan fingerprint density at radius 2 is 2.04 bits per heavy atom. The van der Waals surface area contributed by atoms with Crippen molar-refractivity contribution < 1.29 is 22.8 Å². The molecule has 1 fully saturated rings. The maximum Gasteiger partial charge on any atom is 0.445 e. The van der Waals surface area contributed by atoms with Gasteiger partial charge in [-0.15, -0.1) is 10.2 Å². The third-order valence-corrected chi connectivity index (χ3v) is 4.68. The number of amides is 2. The van der Waals surface area contributed by atoms with E-state index in [9.17, 15) is 22.8 Å². The van der Waals surface area contributed by atoms with Crippen LogP contribution in [0.2, 0.25) is 0 Å². The fourth-order valence-electron chi connectivity index (χ4n) is 2.58. The average Bonchev–Trinajstić information content (AvgIpc) is 3.14. The molecule has 1 N–H and O–H groups in total. The summed E-state index contributed by atoms with van der Waals surface area (Å²) in [7, 11) is 0. The van der Waals surface area contributed by atoms with Crippen LogP contribution in [0, 0.1) is 12.8 Å². The predicted octanol–water partition coefficient (Wildman–Crippen LogP) is 2.86. The third kappa shape index (κ3) is 3.63. The monoisotopic (exact) mass is 370 g/mol. The first-order valence-electron chi connectivity index (χ1n) is 7.33. The van der Waals surface area contributed by atoms with Crippen LogP contribution < -0.4 is 10.2 Å². The van der Waals surface area contributed by atoms with E-state index in [0.717, 1.165) is 11.3 Å². The first-order valence-corrected chi connectivity index (χ1v) is 8.15. The van der Waals surface area contributed by atoms with Crippen molar-refractivity contribution in [2.75, 3.05) is 16.8 Å². The number of anilines is 2. The molecule has 3 rings (SSSR count). The molecule has 25 heavy (non-hydrogen) atoms. The Morgan fingerprint density at radius 1 is 1.32 bits per heavy atom. The smallest absolute Gasteiger partial charge is 0.311 e. The number of halogens is 3. The van der Waals surface area contributed by atoms with Crippen LogP contribution in [0.5, 0.6) is 0 Å². The van der Waals surface area contributed by atoms with Gasteiger partial charge in [-0.25, -0.2) is 0 Å². The quantitative estimate of drug-likeness (QED) is 0.902. The summed E-state index contributed by atoms with van der Waals surface area (Å²) in [5.74, 6) is -1.41. The second kappa shape index (κ2) is 6.43. The Morgan fingerprint density at radius 3 is 2.68 bits per heavy atom. The topological polar surface area (TPSA) is 75.2 Å². The molecule has 132 valence electrons. The lowest BCUT2D eigenvalue weighted by Gasteiger charge is -2.18. The SMILES string of the molecule is Cc1ccccc1N1C[C@@H](C(=O)Nc2nnc(C(F)(F)F)s2)CC1=O. The van der Waals surface area contributed by atoms with E-state index in [1.54, 1.807) is 12.1 Å². The van der Waals surface area contributed by atoms with Crippen LogP contribution >= 0.6 is 11.3 Å². The predicted molar refractivity (Wildman–Crippen MR) is 85.2 cm³/mol. The van der Waals surface area contributed by atoms with E-state index in [-0.39, 0.29) is 35.3 Å². The Bertz CT molecular complexity index is 821. The molecule has 10 heteroatoms. The van der Waals surface area contributed by atoms with Crippen molar-refractivity contribution in [1.29, 1.82) is 0 Å². The highest BCUT2D eigenvalue weighted by atomic mass is 32.1. The number of benzene rings is 1. The summed E-state index contributed by atoms with van der Waals surface area (Å²) in [6.45, 7) is 2.02. The number of carbonyl (C=O) groups excluding carboxylic acids is 2. The van der Waals surface area contributed by atoms with Gasteiger partial charge in [-0.3, -0.25) is 9.59 Å². The molecule has 1 aromatic carbocycles.